The second-order valence-electron chi connectivity index (χ2n) is 5.49. The molecule has 108 valence electrons. The summed E-state index contributed by atoms with van der Waals surface area (Å²) in [5, 5.41) is 5.51. The lowest BCUT2D eigenvalue weighted by Gasteiger charge is -2.45. The summed E-state index contributed by atoms with van der Waals surface area (Å²) in [5.74, 6) is 0.596. The molecule has 1 atom stereocenters. The summed E-state index contributed by atoms with van der Waals surface area (Å²) < 4.78 is 0. The summed E-state index contributed by atoms with van der Waals surface area (Å²) in [6, 6.07) is 0.274. The van der Waals surface area contributed by atoms with Crippen molar-refractivity contribution in [1.29, 1.82) is 0 Å². The second-order valence-corrected chi connectivity index (χ2v) is 6.38. The first-order valence-electron chi connectivity index (χ1n) is 7.08. The summed E-state index contributed by atoms with van der Waals surface area (Å²) in [4.78, 5) is 19.1. The van der Waals surface area contributed by atoms with Gasteiger partial charge in [-0.3, -0.25) is 4.79 Å². The van der Waals surface area contributed by atoms with Crippen LogP contribution in [0.5, 0.6) is 0 Å². The number of allylic oxidation sites excluding steroid dienone is 1. The number of fused-ring (bicyclic) bond motifs is 3. The van der Waals surface area contributed by atoms with Gasteiger partial charge in [0.05, 0.1) is 11.3 Å². The van der Waals surface area contributed by atoms with E-state index in [2.05, 4.69) is 15.2 Å². The van der Waals surface area contributed by atoms with Gasteiger partial charge in [0.15, 0.2) is 5.13 Å². The predicted octanol–water partition coefficient (Wildman–Crippen LogP) is 1.34. The average Bonchev–Trinajstić information content (AvgIpc) is 2.87. The molecule has 0 aliphatic carbocycles. The van der Waals surface area contributed by atoms with Gasteiger partial charge in [-0.15, -0.1) is 11.3 Å². The van der Waals surface area contributed by atoms with Crippen LogP contribution in [0.15, 0.2) is 11.5 Å². The highest BCUT2D eigenvalue weighted by atomic mass is 32.1. The number of anilines is 1. The number of carbonyl (C=O) groups excluding carboxylic acids is 1. The van der Waals surface area contributed by atoms with Crippen molar-refractivity contribution in [2.45, 2.75) is 25.8 Å². The third kappa shape index (κ3) is 2.58. The molecule has 0 aromatic carbocycles. The SMILES string of the molecule is C/C=C(\C(=O)NC1CN2CCC1CC2)c1csc(N)n1. The Bertz CT molecular complexity index is 531. The number of nitrogens with two attached hydrogens (primary N) is 1. The van der Waals surface area contributed by atoms with E-state index in [1.165, 1.54) is 37.3 Å². The minimum atomic E-state index is -0.0310. The van der Waals surface area contributed by atoms with Crippen LogP contribution >= 0.6 is 11.3 Å². The molecule has 3 fully saturated rings. The van der Waals surface area contributed by atoms with E-state index in [9.17, 15) is 4.79 Å². The average molecular weight is 292 g/mol. The number of amides is 1. The molecule has 3 aliphatic rings. The zero-order chi connectivity index (χ0) is 14.1. The fourth-order valence-electron chi connectivity index (χ4n) is 3.18. The van der Waals surface area contributed by atoms with E-state index in [4.69, 9.17) is 5.73 Å². The Morgan fingerprint density at radius 2 is 2.30 bits per heavy atom. The highest BCUT2D eigenvalue weighted by molar-refractivity contribution is 7.13. The largest absolute Gasteiger partial charge is 0.375 e. The van der Waals surface area contributed by atoms with E-state index >= 15 is 0 Å². The normalized spacial score (nSPS) is 29.4. The molecular weight excluding hydrogens is 272 g/mol. The number of nitrogen functional groups attached to an aromatic ring is 1. The van der Waals surface area contributed by atoms with Gasteiger partial charge in [-0.25, -0.2) is 4.98 Å². The molecule has 2 bridgehead atoms. The van der Waals surface area contributed by atoms with Crippen LogP contribution in [0.1, 0.15) is 25.5 Å². The standard InChI is InChI=1S/C14H20N4OS/c1-2-10(12-8-20-14(15)17-12)13(19)16-11-7-18-5-3-9(11)4-6-18/h2,8-9,11H,3-7H2,1H3,(H2,15,17)(H,16,19)/b10-2-. The van der Waals surface area contributed by atoms with Crippen LogP contribution in [0.3, 0.4) is 0 Å². The second kappa shape index (κ2) is 5.54. The van der Waals surface area contributed by atoms with E-state index in [1.54, 1.807) is 0 Å². The zero-order valence-corrected chi connectivity index (χ0v) is 12.4. The van der Waals surface area contributed by atoms with Crippen LogP contribution in [0.25, 0.3) is 5.57 Å². The minimum absolute atomic E-state index is 0.0310. The maximum absolute atomic E-state index is 12.5. The molecule has 5 nitrogen and oxygen atoms in total. The molecule has 1 amide bonds. The van der Waals surface area contributed by atoms with E-state index in [-0.39, 0.29) is 11.9 Å². The van der Waals surface area contributed by atoms with E-state index in [1.807, 2.05) is 18.4 Å². The first-order valence-corrected chi connectivity index (χ1v) is 7.96. The molecule has 0 radical (unpaired) electrons. The quantitative estimate of drug-likeness (QED) is 0.825. The number of thiazole rings is 1. The Morgan fingerprint density at radius 1 is 1.55 bits per heavy atom. The Balaban J connectivity index is 1.69. The number of aromatic nitrogens is 1. The number of nitrogens with zero attached hydrogens (tertiary/aromatic N) is 2. The fraction of sp³-hybridized carbons (Fsp3) is 0.571. The van der Waals surface area contributed by atoms with Crippen molar-refractivity contribution in [2.75, 3.05) is 25.4 Å². The van der Waals surface area contributed by atoms with Crippen molar-refractivity contribution < 1.29 is 4.79 Å². The number of hydrogen-bond acceptors (Lipinski definition) is 5. The smallest absolute Gasteiger partial charge is 0.253 e. The maximum Gasteiger partial charge on any atom is 0.253 e. The third-order valence-corrected chi connectivity index (χ3v) is 4.98. The number of hydrogen-bond donors (Lipinski definition) is 2. The van der Waals surface area contributed by atoms with E-state index in [0.717, 1.165) is 6.54 Å². The molecule has 0 saturated carbocycles. The minimum Gasteiger partial charge on any atom is -0.375 e. The number of piperidine rings is 3. The predicted molar refractivity (Wildman–Crippen MR) is 81.3 cm³/mol. The van der Waals surface area contributed by atoms with Gasteiger partial charge in [0.2, 0.25) is 0 Å². The molecule has 3 aliphatic heterocycles. The Hall–Kier alpha value is -1.40. The van der Waals surface area contributed by atoms with E-state index in [0.29, 0.717) is 22.3 Å². The molecule has 1 aromatic rings. The highest BCUT2D eigenvalue weighted by Gasteiger charge is 2.35. The Morgan fingerprint density at radius 3 is 2.80 bits per heavy atom. The van der Waals surface area contributed by atoms with Crippen molar-refractivity contribution in [3.8, 4) is 0 Å². The summed E-state index contributed by atoms with van der Waals surface area (Å²) in [6.07, 6.45) is 4.20. The lowest BCUT2D eigenvalue weighted by atomic mass is 9.84. The van der Waals surface area contributed by atoms with Gasteiger partial charge in [-0.1, -0.05) is 6.08 Å². The first kappa shape index (κ1) is 13.6. The summed E-state index contributed by atoms with van der Waals surface area (Å²) in [5.41, 5.74) is 6.94. The topological polar surface area (TPSA) is 71.2 Å². The van der Waals surface area contributed by atoms with Gasteiger partial charge in [0, 0.05) is 18.0 Å². The third-order valence-electron chi connectivity index (χ3n) is 4.30. The lowest BCUT2D eigenvalue weighted by molar-refractivity contribution is -0.117. The molecule has 4 rings (SSSR count). The number of carbonyl (C=O) groups is 1. The maximum atomic E-state index is 12.5. The van der Waals surface area contributed by atoms with Crippen molar-refractivity contribution >= 4 is 27.9 Å². The number of nitrogens with one attached hydrogen (secondary N) is 1. The monoisotopic (exact) mass is 292 g/mol. The van der Waals surface area contributed by atoms with Crippen molar-refractivity contribution in [1.82, 2.24) is 15.2 Å². The molecule has 4 heterocycles. The van der Waals surface area contributed by atoms with Crippen molar-refractivity contribution in [3.63, 3.8) is 0 Å². The van der Waals surface area contributed by atoms with E-state index < -0.39 is 0 Å². The van der Waals surface area contributed by atoms with Gasteiger partial charge < -0.3 is 16.0 Å². The van der Waals surface area contributed by atoms with Gasteiger partial charge in [-0.2, -0.15) is 0 Å². The molecule has 1 unspecified atom stereocenters. The van der Waals surface area contributed by atoms with Crippen molar-refractivity contribution in [2.24, 2.45) is 5.92 Å². The summed E-state index contributed by atoms with van der Waals surface area (Å²) in [7, 11) is 0. The van der Waals surface area contributed by atoms with Crippen LogP contribution in [-0.2, 0) is 4.79 Å². The molecular formula is C14H20N4OS. The Labute approximate surface area is 122 Å². The molecule has 3 N–H and O–H groups in total. The van der Waals surface area contributed by atoms with Crippen LogP contribution in [0.4, 0.5) is 5.13 Å². The van der Waals surface area contributed by atoms with Gasteiger partial charge in [-0.05, 0) is 38.8 Å². The summed E-state index contributed by atoms with van der Waals surface area (Å²) in [6.45, 7) is 5.19. The van der Waals surface area contributed by atoms with Crippen LogP contribution in [0, 0.1) is 5.92 Å². The lowest BCUT2D eigenvalue weighted by Crippen LogP contribution is -2.57. The number of rotatable bonds is 3. The molecule has 20 heavy (non-hydrogen) atoms. The Kier molecular flexibility index (Phi) is 3.76. The summed E-state index contributed by atoms with van der Waals surface area (Å²) >= 11 is 1.36. The van der Waals surface area contributed by atoms with Crippen LogP contribution in [0.2, 0.25) is 0 Å². The van der Waals surface area contributed by atoms with Crippen molar-refractivity contribution in [3.05, 3.63) is 17.2 Å². The highest BCUT2D eigenvalue weighted by Crippen LogP contribution is 2.28. The van der Waals surface area contributed by atoms with Crippen LogP contribution < -0.4 is 11.1 Å². The molecule has 1 aromatic heterocycles. The van der Waals surface area contributed by atoms with Crippen LogP contribution in [-0.4, -0.2) is 41.5 Å². The molecule has 6 heteroatoms. The first-order chi connectivity index (χ1) is 9.67. The molecule has 3 saturated heterocycles. The van der Waals surface area contributed by atoms with Gasteiger partial charge >= 0.3 is 0 Å². The fourth-order valence-corrected chi connectivity index (χ4v) is 3.74. The molecule has 0 spiro atoms. The zero-order valence-electron chi connectivity index (χ0n) is 11.6. The van der Waals surface area contributed by atoms with Gasteiger partial charge in [0.1, 0.15) is 0 Å². The van der Waals surface area contributed by atoms with Gasteiger partial charge in [0.25, 0.3) is 5.91 Å².